The van der Waals surface area contributed by atoms with E-state index in [0.717, 1.165) is 43.1 Å². The average Bonchev–Trinajstić information content (AvgIpc) is 2.86. The highest BCUT2D eigenvalue weighted by Gasteiger charge is 2.31. The van der Waals surface area contributed by atoms with E-state index in [-0.39, 0.29) is 17.9 Å². The van der Waals surface area contributed by atoms with Gasteiger partial charge < -0.3 is 19.5 Å². The van der Waals surface area contributed by atoms with Gasteiger partial charge in [-0.3, -0.25) is 19.6 Å². The van der Waals surface area contributed by atoms with E-state index >= 15 is 0 Å². The Morgan fingerprint density at radius 1 is 1.06 bits per heavy atom. The predicted octanol–water partition coefficient (Wildman–Crippen LogP) is 2.01. The molecule has 2 N–H and O–H groups in total. The van der Waals surface area contributed by atoms with Crippen LogP contribution in [0.2, 0.25) is 0 Å². The predicted molar refractivity (Wildman–Crippen MR) is 130 cm³/mol. The van der Waals surface area contributed by atoms with Crippen molar-refractivity contribution in [3.63, 3.8) is 0 Å². The van der Waals surface area contributed by atoms with Crippen molar-refractivity contribution in [3.05, 3.63) is 87.6 Å². The van der Waals surface area contributed by atoms with Gasteiger partial charge in [-0.15, -0.1) is 0 Å². The van der Waals surface area contributed by atoms with Crippen molar-refractivity contribution >= 4 is 0 Å². The number of pyridine rings is 2. The number of aryl methyl sites for hydroxylation is 1. The first kappa shape index (κ1) is 23.9. The zero-order valence-corrected chi connectivity index (χ0v) is 19.7. The van der Waals surface area contributed by atoms with Gasteiger partial charge in [-0.25, -0.2) is 0 Å². The molecule has 2 aromatic heterocycles. The summed E-state index contributed by atoms with van der Waals surface area (Å²) in [4.78, 5) is 22.4. The van der Waals surface area contributed by atoms with E-state index < -0.39 is 6.04 Å². The molecule has 0 unspecified atom stereocenters. The Bertz CT molecular complexity index is 1140. The molecule has 1 saturated heterocycles. The van der Waals surface area contributed by atoms with Crippen LogP contribution in [0.25, 0.3) is 0 Å². The van der Waals surface area contributed by atoms with Crippen LogP contribution in [0.5, 0.6) is 11.5 Å². The highest BCUT2D eigenvalue weighted by Crippen LogP contribution is 2.33. The van der Waals surface area contributed by atoms with Crippen LogP contribution in [0.15, 0.2) is 59.7 Å². The van der Waals surface area contributed by atoms with Gasteiger partial charge in [0.25, 0.3) is 5.56 Å². The first-order chi connectivity index (χ1) is 16.5. The van der Waals surface area contributed by atoms with Gasteiger partial charge in [0.05, 0.1) is 31.9 Å². The Balaban J connectivity index is 1.73. The van der Waals surface area contributed by atoms with E-state index in [1.165, 1.54) is 0 Å². The quantitative estimate of drug-likeness (QED) is 0.527. The first-order valence-corrected chi connectivity index (χ1v) is 11.5. The molecule has 4 rings (SSSR count). The summed E-state index contributed by atoms with van der Waals surface area (Å²) < 4.78 is 6.96. The summed E-state index contributed by atoms with van der Waals surface area (Å²) in [5.41, 5.74) is 2.76. The smallest absolute Gasteiger partial charge is 0.259 e. The van der Waals surface area contributed by atoms with E-state index in [1.807, 2.05) is 43.3 Å². The Hall–Kier alpha value is -3.20. The zero-order valence-electron chi connectivity index (χ0n) is 19.7. The van der Waals surface area contributed by atoms with Crippen LogP contribution in [0.4, 0.5) is 0 Å². The van der Waals surface area contributed by atoms with E-state index in [9.17, 15) is 15.0 Å². The fourth-order valence-electron chi connectivity index (χ4n) is 4.63. The second kappa shape index (κ2) is 10.8. The lowest BCUT2D eigenvalue weighted by molar-refractivity contribution is 0.0932. The van der Waals surface area contributed by atoms with E-state index in [4.69, 9.17) is 4.74 Å². The molecule has 1 aliphatic heterocycles. The summed E-state index contributed by atoms with van der Waals surface area (Å²) in [6.45, 7) is 6.01. The molecule has 8 heteroatoms. The van der Waals surface area contributed by atoms with Crippen molar-refractivity contribution in [1.29, 1.82) is 0 Å². The van der Waals surface area contributed by atoms with Gasteiger partial charge in [0.15, 0.2) is 0 Å². The van der Waals surface area contributed by atoms with Crippen molar-refractivity contribution in [2.75, 3.05) is 46.4 Å². The third-order valence-corrected chi connectivity index (χ3v) is 6.51. The molecule has 0 bridgehead atoms. The lowest BCUT2D eigenvalue weighted by Gasteiger charge is -2.39. The summed E-state index contributed by atoms with van der Waals surface area (Å²) in [5.74, 6) is 0.769. The molecule has 1 aliphatic rings. The number of aromatic nitrogens is 2. The minimum absolute atomic E-state index is 0.00748. The van der Waals surface area contributed by atoms with Crippen molar-refractivity contribution in [1.82, 2.24) is 19.4 Å². The molecule has 180 valence electrons. The first-order valence-electron chi connectivity index (χ1n) is 11.5. The van der Waals surface area contributed by atoms with Crippen molar-refractivity contribution in [3.8, 4) is 11.5 Å². The molecular weight excluding hydrogens is 432 g/mol. The van der Waals surface area contributed by atoms with Crippen LogP contribution in [-0.2, 0) is 6.54 Å². The van der Waals surface area contributed by atoms with Gasteiger partial charge in [0.2, 0.25) is 0 Å². The van der Waals surface area contributed by atoms with Gasteiger partial charge in [-0.2, -0.15) is 0 Å². The molecule has 8 nitrogen and oxygen atoms in total. The minimum atomic E-state index is -0.394. The molecule has 1 aromatic carbocycles. The van der Waals surface area contributed by atoms with E-state index in [1.54, 1.807) is 30.1 Å². The van der Waals surface area contributed by atoms with Crippen LogP contribution in [-0.4, -0.2) is 76.0 Å². The Morgan fingerprint density at radius 2 is 1.74 bits per heavy atom. The molecule has 0 radical (unpaired) electrons. The Labute approximate surface area is 199 Å². The van der Waals surface area contributed by atoms with Crippen molar-refractivity contribution in [2.45, 2.75) is 19.5 Å². The maximum absolute atomic E-state index is 13.9. The number of β-amino-alcohol motifs (C(OH)–C–C–N with tert-alkyl or cyclic N) is 1. The normalized spacial score (nSPS) is 15.9. The lowest BCUT2D eigenvalue weighted by atomic mass is 9.96. The molecule has 0 spiro atoms. The molecule has 3 heterocycles. The summed E-state index contributed by atoms with van der Waals surface area (Å²) >= 11 is 0. The van der Waals surface area contributed by atoms with E-state index in [0.29, 0.717) is 24.3 Å². The third-order valence-electron chi connectivity index (χ3n) is 6.51. The number of rotatable bonds is 8. The Kier molecular flexibility index (Phi) is 7.62. The average molecular weight is 465 g/mol. The summed E-state index contributed by atoms with van der Waals surface area (Å²) in [6, 6.07) is 12.7. The molecule has 1 fully saturated rings. The minimum Gasteiger partial charge on any atom is -0.507 e. The van der Waals surface area contributed by atoms with Gasteiger partial charge in [0.1, 0.15) is 11.5 Å². The van der Waals surface area contributed by atoms with Gasteiger partial charge in [-0.1, -0.05) is 12.1 Å². The standard InChI is InChI=1S/C26H32N4O4/c1-19-17-23(32)24(26(33)30(19)18-20-3-5-22(34-2)6-4-20)25(21-7-9-27-10-8-21)29-13-11-28(12-14-29)15-16-31/h3-10,17,25,31-32H,11-16,18H2,1-2H3/t25-/m0/s1. The summed E-state index contributed by atoms with van der Waals surface area (Å²) in [7, 11) is 1.62. The van der Waals surface area contributed by atoms with Crippen LogP contribution in [0.3, 0.4) is 0 Å². The molecule has 0 amide bonds. The monoisotopic (exact) mass is 464 g/mol. The third kappa shape index (κ3) is 5.14. The fourth-order valence-corrected chi connectivity index (χ4v) is 4.63. The summed E-state index contributed by atoms with van der Waals surface area (Å²) in [5, 5.41) is 20.3. The number of piperazine rings is 1. The molecule has 34 heavy (non-hydrogen) atoms. The molecular formula is C26H32N4O4. The SMILES string of the molecule is COc1ccc(Cn2c(C)cc(O)c([C@H](c3ccncc3)N3CCN(CCO)CC3)c2=O)cc1. The second-order valence-electron chi connectivity index (χ2n) is 8.61. The number of hydrogen-bond acceptors (Lipinski definition) is 7. The van der Waals surface area contributed by atoms with Crippen molar-refractivity contribution < 1.29 is 14.9 Å². The van der Waals surface area contributed by atoms with E-state index in [2.05, 4.69) is 14.8 Å². The fraction of sp³-hybridized carbons (Fsp3) is 0.385. The van der Waals surface area contributed by atoms with Gasteiger partial charge >= 0.3 is 0 Å². The number of nitrogens with zero attached hydrogens (tertiary/aromatic N) is 4. The zero-order chi connectivity index (χ0) is 24.1. The molecule has 0 saturated carbocycles. The number of ether oxygens (including phenoxy) is 1. The highest BCUT2D eigenvalue weighted by molar-refractivity contribution is 5.41. The number of hydrogen-bond donors (Lipinski definition) is 2. The number of benzene rings is 1. The molecule has 3 aromatic rings. The second-order valence-corrected chi connectivity index (χ2v) is 8.61. The van der Waals surface area contributed by atoms with Crippen LogP contribution in [0.1, 0.15) is 28.4 Å². The largest absolute Gasteiger partial charge is 0.507 e. The molecule has 0 aliphatic carbocycles. The lowest BCUT2D eigenvalue weighted by Crippen LogP contribution is -2.49. The number of methoxy groups -OCH3 is 1. The van der Waals surface area contributed by atoms with Crippen LogP contribution >= 0.6 is 0 Å². The summed E-state index contributed by atoms with van der Waals surface area (Å²) in [6.07, 6.45) is 3.43. The Morgan fingerprint density at radius 3 is 2.35 bits per heavy atom. The maximum atomic E-state index is 13.9. The topological polar surface area (TPSA) is 91.1 Å². The van der Waals surface area contributed by atoms with Gasteiger partial charge in [0, 0.05) is 50.8 Å². The molecule has 1 atom stereocenters. The number of aromatic hydroxyl groups is 1. The number of aliphatic hydroxyl groups excluding tert-OH is 1. The number of aliphatic hydroxyl groups is 1. The van der Waals surface area contributed by atoms with Gasteiger partial charge in [-0.05, 0) is 48.4 Å². The van der Waals surface area contributed by atoms with Crippen LogP contribution < -0.4 is 10.3 Å². The maximum Gasteiger partial charge on any atom is 0.259 e. The highest BCUT2D eigenvalue weighted by atomic mass is 16.5. The van der Waals surface area contributed by atoms with Crippen LogP contribution in [0, 0.1) is 6.92 Å². The van der Waals surface area contributed by atoms with Crippen molar-refractivity contribution in [2.24, 2.45) is 0 Å².